The van der Waals surface area contributed by atoms with E-state index in [2.05, 4.69) is 11.4 Å². The summed E-state index contributed by atoms with van der Waals surface area (Å²) in [5, 5.41) is 2.80. The number of benzene rings is 2. The molecule has 1 aliphatic heterocycles. The third-order valence-corrected chi connectivity index (χ3v) is 5.37. The summed E-state index contributed by atoms with van der Waals surface area (Å²) < 4.78 is 19.2. The zero-order valence-corrected chi connectivity index (χ0v) is 14.8. The second kappa shape index (κ2) is 6.94. The van der Waals surface area contributed by atoms with Crippen molar-refractivity contribution >= 4 is 23.2 Å². The number of ether oxygens (including phenoxy) is 1. The fourth-order valence-electron chi connectivity index (χ4n) is 4.05. The zero-order valence-electron chi connectivity index (χ0n) is 14.8. The minimum absolute atomic E-state index is 0.194. The second-order valence-electron chi connectivity index (χ2n) is 7.04. The molecule has 0 atom stereocenters. The molecular formula is C22H22FNO2. The molecule has 4 rings (SSSR count). The predicted octanol–water partition coefficient (Wildman–Crippen LogP) is 5.37. The maximum atomic E-state index is 13.6. The first-order valence-corrected chi connectivity index (χ1v) is 9.16. The van der Waals surface area contributed by atoms with Gasteiger partial charge in [0.05, 0.1) is 7.11 Å². The van der Waals surface area contributed by atoms with Gasteiger partial charge in [-0.1, -0.05) is 25.3 Å². The predicted molar refractivity (Wildman–Crippen MR) is 102 cm³/mol. The van der Waals surface area contributed by atoms with Crippen molar-refractivity contribution in [3.63, 3.8) is 0 Å². The maximum absolute atomic E-state index is 13.6. The standard InChI is InChI=1S/C22H22FNO2/c1-26-21-10-7-14(11-17(21)15-5-3-2-4-6-15)12-19-18-13-16(23)8-9-20(18)24-22(19)25/h7-13,15H,2-6H2,1H3,(H,24,25). The first kappa shape index (κ1) is 16.8. The Labute approximate surface area is 152 Å². The van der Waals surface area contributed by atoms with E-state index < -0.39 is 0 Å². The van der Waals surface area contributed by atoms with Crippen LogP contribution in [0.4, 0.5) is 10.1 Å². The van der Waals surface area contributed by atoms with Crippen molar-refractivity contribution in [1.82, 2.24) is 0 Å². The van der Waals surface area contributed by atoms with Crippen molar-refractivity contribution in [3.05, 3.63) is 58.9 Å². The number of fused-ring (bicyclic) bond motifs is 1. The molecular weight excluding hydrogens is 329 g/mol. The van der Waals surface area contributed by atoms with Gasteiger partial charge in [-0.2, -0.15) is 0 Å². The van der Waals surface area contributed by atoms with Crippen LogP contribution in [0.25, 0.3) is 11.6 Å². The lowest BCUT2D eigenvalue weighted by Gasteiger charge is -2.24. The summed E-state index contributed by atoms with van der Waals surface area (Å²) in [4.78, 5) is 12.3. The van der Waals surface area contributed by atoms with Gasteiger partial charge in [-0.15, -0.1) is 0 Å². The summed E-state index contributed by atoms with van der Waals surface area (Å²) in [6.07, 6.45) is 7.97. The lowest BCUT2D eigenvalue weighted by Crippen LogP contribution is -2.07. The minimum Gasteiger partial charge on any atom is -0.496 e. The second-order valence-corrected chi connectivity index (χ2v) is 7.04. The Balaban J connectivity index is 1.74. The van der Waals surface area contributed by atoms with E-state index in [0.717, 1.165) is 11.3 Å². The summed E-state index contributed by atoms with van der Waals surface area (Å²) in [6.45, 7) is 0. The molecule has 4 heteroatoms. The number of amides is 1. The number of anilines is 1. The van der Waals surface area contributed by atoms with Crippen LogP contribution in [0, 0.1) is 5.82 Å². The third-order valence-electron chi connectivity index (χ3n) is 5.37. The molecule has 134 valence electrons. The molecule has 2 aromatic carbocycles. The Morgan fingerprint density at radius 2 is 1.92 bits per heavy atom. The molecule has 3 nitrogen and oxygen atoms in total. The van der Waals surface area contributed by atoms with Gasteiger partial charge in [-0.25, -0.2) is 4.39 Å². The molecule has 1 aliphatic carbocycles. The fraction of sp³-hybridized carbons (Fsp3) is 0.318. The van der Waals surface area contributed by atoms with E-state index in [-0.39, 0.29) is 11.7 Å². The lowest BCUT2D eigenvalue weighted by molar-refractivity contribution is -0.110. The van der Waals surface area contributed by atoms with E-state index in [0.29, 0.717) is 22.7 Å². The average molecular weight is 351 g/mol. The molecule has 0 spiro atoms. The van der Waals surface area contributed by atoms with Crippen LogP contribution < -0.4 is 10.1 Å². The van der Waals surface area contributed by atoms with Crippen molar-refractivity contribution in [1.29, 1.82) is 0 Å². The Morgan fingerprint density at radius 1 is 1.12 bits per heavy atom. The molecule has 1 N–H and O–H groups in total. The molecule has 1 amide bonds. The Kier molecular flexibility index (Phi) is 4.49. The first-order chi connectivity index (χ1) is 12.7. The van der Waals surface area contributed by atoms with Crippen molar-refractivity contribution in [3.8, 4) is 5.75 Å². The van der Waals surface area contributed by atoms with Crippen LogP contribution >= 0.6 is 0 Å². The van der Waals surface area contributed by atoms with Crippen molar-refractivity contribution in [2.24, 2.45) is 0 Å². The van der Waals surface area contributed by atoms with Gasteiger partial charge in [0.15, 0.2) is 0 Å². The van der Waals surface area contributed by atoms with Crippen LogP contribution in [0.1, 0.15) is 54.7 Å². The van der Waals surface area contributed by atoms with Gasteiger partial charge in [0.1, 0.15) is 11.6 Å². The molecule has 0 aromatic heterocycles. The maximum Gasteiger partial charge on any atom is 0.256 e. The number of halogens is 1. The van der Waals surface area contributed by atoms with Crippen LogP contribution in [-0.4, -0.2) is 13.0 Å². The van der Waals surface area contributed by atoms with Gasteiger partial charge < -0.3 is 10.1 Å². The van der Waals surface area contributed by atoms with Crippen molar-refractivity contribution in [2.45, 2.75) is 38.0 Å². The molecule has 1 saturated carbocycles. The molecule has 0 radical (unpaired) electrons. The molecule has 0 saturated heterocycles. The number of rotatable bonds is 3. The largest absolute Gasteiger partial charge is 0.496 e. The molecule has 0 bridgehead atoms. The summed E-state index contributed by atoms with van der Waals surface area (Å²) in [7, 11) is 1.70. The summed E-state index contributed by atoms with van der Waals surface area (Å²) >= 11 is 0. The van der Waals surface area contributed by atoms with Gasteiger partial charge >= 0.3 is 0 Å². The van der Waals surface area contributed by atoms with E-state index in [1.165, 1.54) is 49.8 Å². The van der Waals surface area contributed by atoms with E-state index in [4.69, 9.17) is 4.74 Å². The zero-order chi connectivity index (χ0) is 18.1. The number of hydrogen-bond acceptors (Lipinski definition) is 2. The van der Waals surface area contributed by atoms with Crippen LogP contribution in [-0.2, 0) is 4.79 Å². The van der Waals surface area contributed by atoms with Crippen LogP contribution in [0.15, 0.2) is 36.4 Å². The van der Waals surface area contributed by atoms with E-state index in [1.54, 1.807) is 13.2 Å². The highest BCUT2D eigenvalue weighted by Crippen LogP contribution is 2.39. The molecule has 1 heterocycles. The quantitative estimate of drug-likeness (QED) is 0.755. The number of carbonyl (C=O) groups excluding carboxylic acids is 1. The van der Waals surface area contributed by atoms with E-state index in [9.17, 15) is 9.18 Å². The van der Waals surface area contributed by atoms with Gasteiger partial charge in [0.2, 0.25) is 0 Å². The Hall–Kier alpha value is -2.62. The van der Waals surface area contributed by atoms with E-state index >= 15 is 0 Å². The molecule has 0 unspecified atom stereocenters. The van der Waals surface area contributed by atoms with Gasteiger partial charge in [0, 0.05) is 16.8 Å². The number of methoxy groups -OCH3 is 1. The first-order valence-electron chi connectivity index (χ1n) is 9.16. The van der Waals surface area contributed by atoms with Crippen LogP contribution in [0.2, 0.25) is 0 Å². The van der Waals surface area contributed by atoms with Crippen molar-refractivity contribution < 1.29 is 13.9 Å². The minimum atomic E-state index is -0.344. The highest BCUT2D eigenvalue weighted by molar-refractivity contribution is 6.34. The number of hydrogen-bond donors (Lipinski definition) is 1. The third kappa shape index (κ3) is 3.12. The smallest absolute Gasteiger partial charge is 0.256 e. The fourth-order valence-corrected chi connectivity index (χ4v) is 4.05. The molecule has 2 aromatic rings. The normalized spacial score (nSPS) is 18.7. The number of carbonyl (C=O) groups is 1. The summed E-state index contributed by atoms with van der Waals surface area (Å²) in [5.41, 5.74) is 3.92. The van der Waals surface area contributed by atoms with E-state index in [1.807, 2.05) is 18.2 Å². The topological polar surface area (TPSA) is 38.3 Å². The summed E-state index contributed by atoms with van der Waals surface area (Å²) in [6, 6.07) is 10.4. The van der Waals surface area contributed by atoms with Crippen molar-refractivity contribution in [2.75, 3.05) is 12.4 Å². The molecule has 26 heavy (non-hydrogen) atoms. The monoisotopic (exact) mass is 351 g/mol. The number of nitrogens with one attached hydrogen (secondary N) is 1. The molecule has 1 fully saturated rings. The Morgan fingerprint density at radius 3 is 2.69 bits per heavy atom. The van der Waals surface area contributed by atoms with Crippen LogP contribution in [0.3, 0.4) is 0 Å². The van der Waals surface area contributed by atoms with Gasteiger partial charge in [-0.3, -0.25) is 4.79 Å². The SMILES string of the molecule is COc1ccc(C=C2C(=O)Nc3ccc(F)cc32)cc1C1CCCCC1. The molecule has 2 aliphatic rings. The van der Waals surface area contributed by atoms with Gasteiger partial charge in [-0.05, 0) is 66.3 Å². The highest BCUT2D eigenvalue weighted by Gasteiger charge is 2.25. The van der Waals surface area contributed by atoms with Gasteiger partial charge in [0.25, 0.3) is 5.91 Å². The lowest BCUT2D eigenvalue weighted by atomic mass is 9.83. The van der Waals surface area contributed by atoms with Crippen LogP contribution in [0.5, 0.6) is 5.75 Å². The Bertz CT molecular complexity index is 882. The highest BCUT2D eigenvalue weighted by atomic mass is 19.1. The summed E-state index contributed by atoms with van der Waals surface area (Å²) in [5.74, 6) is 0.866. The average Bonchev–Trinajstić information content (AvgIpc) is 2.97.